The second-order valence-electron chi connectivity index (χ2n) is 5.26. The van der Waals surface area contributed by atoms with Gasteiger partial charge >= 0.3 is 0 Å². The Bertz CT molecular complexity index is 546. The monoisotopic (exact) mass is 274 g/mol. The summed E-state index contributed by atoms with van der Waals surface area (Å²) >= 11 is 1.59. The van der Waals surface area contributed by atoms with Crippen molar-refractivity contribution < 1.29 is 0 Å². The van der Waals surface area contributed by atoms with E-state index in [1.807, 2.05) is 6.07 Å². The van der Waals surface area contributed by atoms with E-state index in [-0.39, 0.29) is 5.41 Å². The first kappa shape index (κ1) is 13.8. The Morgan fingerprint density at radius 1 is 1.11 bits per heavy atom. The van der Waals surface area contributed by atoms with Crippen molar-refractivity contribution in [2.75, 3.05) is 5.43 Å². The highest BCUT2D eigenvalue weighted by Crippen LogP contribution is 2.29. The zero-order valence-electron chi connectivity index (χ0n) is 11.3. The van der Waals surface area contributed by atoms with E-state index in [1.165, 1.54) is 11.9 Å². The number of hydrogen-bond donors (Lipinski definition) is 2. The standard InChI is InChI=1S/C14H18N4S/c1-14(2,3)10-4-6-11(7-5-10)19-13-8-12(18-15)16-9-17-13/h4-9H,15H2,1-3H3,(H,16,17,18). The SMILES string of the molecule is CC(C)(C)c1ccc(Sc2cc(NN)ncn2)cc1. The van der Waals surface area contributed by atoms with E-state index < -0.39 is 0 Å². The Hall–Kier alpha value is -1.59. The average molecular weight is 274 g/mol. The number of nitrogens with two attached hydrogens (primary N) is 1. The maximum Gasteiger partial charge on any atom is 0.144 e. The van der Waals surface area contributed by atoms with E-state index in [0.717, 1.165) is 9.92 Å². The molecule has 3 N–H and O–H groups in total. The lowest BCUT2D eigenvalue weighted by atomic mass is 9.87. The molecule has 0 atom stereocenters. The molecule has 0 radical (unpaired) electrons. The van der Waals surface area contributed by atoms with Gasteiger partial charge in [0.25, 0.3) is 0 Å². The number of hydrazine groups is 1. The maximum atomic E-state index is 5.33. The van der Waals surface area contributed by atoms with Gasteiger partial charge in [-0.05, 0) is 23.1 Å². The lowest BCUT2D eigenvalue weighted by Gasteiger charge is -2.18. The molecule has 1 aromatic heterocycles. The third-order valence-electron chi connectivity index (χ3n) is 2.73. The number of aromatic nitrogens is 2. The predicted octanol–water partition coefficient (Wildman–Crippen LogP) is 3.21. The van der Waals surface area contributed by atoms with Crippen LogP contribution in [0, 0.1) is 0 Å². The van der Waals surface area contributed by atoms with Gasteiger partial charge in [-0.2, -0.15) is 0 Å². The van der Waals surface area contributed by atoms with Crippen molar-refractivity contribution in [2.24, 2.45) is 5.84 Å². The quantitative estimate of drug-likeness (QED) is 0.511. The molecule has 0 aliphatic carbocycles. The van der Waals surface area contributed by atoms with Crippen LogP contribution in [0.1, 0.15) is 26.3 Å². The zero-order chi connectivity index (χ0) is 13.9. The number of rotatable bonds is 3. The number of anilines is 1. The molecule has 0 saturated heterocycles. The van der Waals surface area contributed by atoms with Gasteiger partial charge in [0.15, 0.2) is 0 Å². The van der Waals surface area contributed by atoms with Gasteiger partial charge in [-0.1, -0.05) is 44.7 Å². The summed E-state index contributed by atoms with van der Waals surface area (Å²) in [5, 5.41) is 0.867. The van der Waals surface area contributed by atoms with Crippen LogP contribution in [0.25, 0.3) is 0 Å². The van der Waals surface area contributed by atoms with Crippen LogP contribution in [0.3, 0.4) is 0 Å². The average Bonchev–Trinajstić information content (AvgIpc) is 2.38. The van der Waals surface area contributed by atoms with Crippen molar-refractivity contribution in [3.05, 3.63) is 42.2 Å². The molecule has 2 aromatic rings. The van der Waals surface area contributed by atoms with Gasteiger partial charge in [0.05, 0.1) is 0 Å². The van der Waals surface area contributed by atoms with Gasteiger partial charge in [-0.25, -0.2) is 15.8 Å². The van der Waals surface area contributed by atoms with Crippen molar-refractivity contribution in [2.45, 2.75) is 36.1 Å². The summed E-state index contributed by atoms with van der Waals surface area (Å²) in [5.74, 6) is 5.94. The number of nitrogens with one attached hydrogen (secondary N) is 1. The van der Waals surface area contributed by atoms with Crippen LogP contribution in [0.4, 0.5) is 5.82 Å². The van der Waals surface area contributed by atoms with Crippen molar-refractivity contribution >= 4 is 17.6 Å². The van der Waals surface area contributed by atoms with Crippen LogP contribution >= 0.6 is 11.8 Å². The molecule has 1 aromatic carbocycles. The molecule has 0 spiro atoms. The molecule has 5 heteroatoms. The summed E-state index contributed by atoms with van der Waals surface area (Å²) < 4.78 is 0. The fourth-order valence-electron chi connectivity index (χ4n) is 1.62. The fraction of sp³-hybridized carbons (Fsp3) is 0.286. The van der Waals surface area contributed by atoms with E-state index in [2.05, 4.69) is 60.4 Å². The van der Waals surface area contributed by atoms with Crippen LogP contribution in [0.15, 0.2) is 46.6 Å². The third-order valence-corrected chi connectivity index (χ3v) is 3.67. The molecular formula is C14H18N4S. The predicted molar refractivity (Wildman–Crippen MR) is 79.1 cm³/mol. The number of hydrogen-bond acceptors (Lipinski definition) is 5. The summed E-state index contributed by atoms with van der Waals surface area (Å²) in [6.07, 6.45) is 1.50. The summed E-state index contributed by atoms with van der Waals surface area (Å²) in [4.78, 5) is 9.34. The first-order valence-electron chi connectivity index (χ1n) is 6.06. The normalized spacial score (nSPS) is 11.4. The Morgan fingerprint density at radius 3 is 2.37 bits per heavy atom. The topological polar surface area (TPSA) is 63.8 Å². The highest BCUT2D eigenvalue weighted by atomic mass is 32.2. The molecule has 2 rings (SSSR count). The Kier molecular flexibility index (Phi) is 4.07. The molecule has 0 amide bonds. The minimum Gasteiger partial charge on any atom is -0.308 e. The molecule has 0 aliphatic rings. The Morgan fingerprint density at radius 2 is 1.79 bits per heavy atom. The van der Waals surface area contributed by atoms with Crippen molar-refractivity contribution in [1.29, 1.82) is 0 Å². The van der Waals surface area contributed by atoms with E-state index >= 15 is 0 Å². The van der Waals surface area contributed by atoms with Gasteiger partial charge in [0.1, 0.15) is 17.2 Å². The summed E-state index contributed by atoms with van der Waals surface area (Å²) in [7, 11) is 0. The van der Waals surface area contributed by atoms with E-state index in [9.17, 15) is 0 Å². The molecule has 0 fully saturated rings. The summed E-state index contributed by atoms with van der Waals surface area (Å²) in [6.45, 7) is 6.62. The number of nitrogen functional groups attached to an aromatic ring is 1. The van der Waals surface area contributed by atoms with Crippen molar-refractivity contribution in [3.63, 3.8) is 0 Å². The molecule has 0 aliphatic heterocycles. The lowest BCUT2D eigenvalue weighted by molar-refractivity contribution is 0.590. The molecular weight excluding hydrogens is 256 g/mol. The highest BCUT2D eigenvalue weighted by molar-refractivity contribution is 7.99. The molecule has 0 bridgehead atoms. The molecule has 0 unspecified atom stereocenters. The van der Waals surface area contributed by atoms with Gasteiger partial charge in [-0.3, -0.25) is 0 Å². The Balaban J connectivity index is 2.15. The van der Waals surface area contributed by atoms with E-state index in [4.69, 9.17) is 5.84 Å². The van der Waals surface area contributed by atoms with Crippen molar-refractivity contribution in [3.8, 4) is 0 Å². The molecule has 1 heterocycles. The molecule has 19 heavy (non-hydrogen) atoms. The first-order chi connectivity index (χ1) is 8.99. The molecule has 4 nitrogen and oxygen atoms in total. The summed E-state index contributed by atoms with van der Waals surface area (Å²) in [5.41, 5.74) is 4.02. The number of benzene rings is 1. The van der Waals surface area contributed by atoms with Gasteiger partial charge < -0.3 is 5.43 Å². The summed E-state index contributed by atoms with van der Waals surface area (Å²) in [6, 6.07) is 10.4. The van der Waals surface area contributed by atoms with E-state index in [1.54, 1.807) is 11.8 Å². The minimum atomic E-state index is 0.175. The Labute approximate surface area is 117 Å². The molecule has 100 valence electrons. The van der Waals surface area contributed by atoms with Gasteiger partial charge in [0, 0.05) is 11.0 Å². The highest BCUT2D eigenvalue weighted by Gasteiger charge is 2.13. The van der Waals surface area contributed by atoms with Crippen LogP contribution in [0.5, 0.6) is 0 Å². The van der Waals surface area contributed by atoms with E-state index in [0.29, 0.717) is 5.82 Å². The zero-order valence-corrected chi connectivity index (χ0v) is 12.2. The second-order valence-corrected chi connectivity index (χ2v) is 6.36. The lowest BCUT2D eigenvalue weighted by Crippen LogP contribution is -2.10. The van der Waals surface area contributed by atoms with Gasteiger partial charge in [0.2, 0.25) is 0 Å². The van der Waals surface area contributed by atoms with Crippen LogP contribution in [0.2, 0.25) is 0 Å². The van der Waals surface area contributed by atoms with Crippen LogP contribution < -0.4 is 11.3 Å². The maximum absolute atomic E-state index is 5.33. The second kappa shape index (κ2) is 5.59. The van der Waals surface area contributed by atoms with Crippen LogP contribution in [-0.4, -0.2) is 9.97 Å². The smallest absolute Gasteiger partial charge is 0.144 e. The number of nitrogens with zero attached hydrogens (tertiary/aromatic N) is 2. The van der Waals surface area contributed by atoms with Crippen molar-refractivity contribution in [1.82, 2.24) is 9.97 Å². The van der Waals surface area contributed by atoms with Gasteiger partial charge in [-0.15, -0.1) is 0 Å². The van der Waals surface area contributed by atoms with Crippen LogP contribution in [-0.2, 0) is 5.41 Å². The fourth-order valence-corrected chi connectivity index (χ4v) is 2.40. The molecule has 0 saturated carbocycles. The largest absolute Gasteiger partial charge is 0.308 e. The third kappa shape index (κ3) is 3.68. The first-order valence-corrected chi connectivity index (χ1v) is 6.88. The minimum absolute atomic E-state index is 0.175.